The fraction of sp³-hybridized carbons (Fsp3) is 0.333. The van der Waals surface area contributed by atoms with Crippen LogP contribution in [-0.2, 0) is 11.2 Å². The number of rotatable bonds is 8. The topological polar surface area (TPSA) is 88.8 Å². The van der Waals surface area contributed by atoms with E-state index < -0.39 is 23.6 Å². The zero-order valence-corrected chi connectivity index (χ0v) is 17.8. The van der Waals surface area contributed by atoms with Gasteiger partial charge in [0.1, 0.15) is 23.3 Å². The number of aliphatic hydroxyl groups is 1. The van der Waals surface area contributed by atoms with Crippen molar-refractivity contribution in [2.75, 3.05) is 7.11 Å². The van der Waals surface area contributed by atoms with E-state index in [2.05, 4.69) is 5.32 Å². The molecule has 2 N–H and O–H groups in total. The maximum Gasteiger partial charge on any atom is 0.339 e. The summed E-state index contributed by atoms with van der Waals surface area (Å²) in [6.07, 6.45) is -0.528. The summed E-state index contributed by atoms with van der Waals surface area (Å²) < 4.78 is 24.6. The van der Waals surface area contributed by atoms with Gasteiger partial charge in [0.2, 0.25) is 5.91 Å². The maximum atomic E-state index is 14.0. The first-order chi connectivity index (χ1) is 14.8. The first kappa shape index (κ1) is 22.5. The molecule has 0 bridgehead atoms. The summed E-state index contributed by atoms with van der Waals surface area (Å²) in [5.74, 6) is -0.277. The number of carbonyl (C=O) groups is 1. The van der Waals surface area contributed by atoms with Gasteiger partial charge in [0, 0.05) is 29.0 Å². The molecule has 0 radical (unpaired) electrons. The van der Waals surface area contributed by atoms with Crippen molar-refractivity contribution < 1.29 is 23.4 Å². The van der Waals surface area contributed by atoms with Crippen LogP contribution >= 0.6 is 0 Å². The molecule has 2 atom stereocenters. The minimum absolute atomic E-state index is 0.0355. The molecule has 0 fully saturated rings. The molecule has 0 unspecified atom stereocenters. The normalized spacial score (nSPS) is 13.1. The largest absolute Gasteiger partial charge is 0.497 e. The van der Waals surface area contributed by atoms with Gasteiger partial charge < -0.3 is 19.6 Å². The number of hydrogen-bond donors (Lipinski definition) is 2. The zero-order valence-electron chi connectivity index (χ0n) is 17.8. The molecule has 0 saturated heterocycles. The molecule has 1 aromatic heterocycles. The monoisotopic (exact) mass is 427 g/mol. The third-order valence-corrected chi connectivity index (χ3v) is 5.49. The van der Waals surface area contributed by atoms with E-state index in [9.17, 15) is 19.1 Å². The van der Waals surface area contributed by atoms with E-state index in [1.807, 2.05) is 13.0 Å². The van der Waals surface area contributed by atoms with Crippen LogP contribution in [0.3, 0.4) is 0 Å². The highest BCUT2D eigenvalue weighted by atomic mass is 19.1. The highest BCUT2D eigenvalue weighted by Gasteiger charge is 2.24. The smallest absolute Gasteiger partial charge is 0.339 e. The number of benzene rings is 2. The lowest BCUT2D eigenvalue weighted by Crippen LogP contribution is -2.39. The Morgan fingerprint density at radius 1 is 1.26 bits per heavy atom. The van der Waals surface area contributed by atoms with Crippen LogP contribution in [0.1, 0.15) is 42.6 Å². The Kier molecular flexibility index (Phi) is 7.07. The van der Waals surface area contributed by atoms with Gasteiger partial charge in [-0.25, -0.2) is 9.18 Å². The lowest BCUT2D eigenvalue weighted by molar-refractivity contribution is -0.122. The van der Waals surface area contributed by atoms with Crippen molar-refractivity contribution in [1.82, 2.24) is 5.32 Å². The van der Waals surface area contributed by atoms with E-state index in [0.29, 0.717) is 23.3 Å². The fourth-order valence-corrected chi connectivity index (χ4v) is 3.64. The molecule has 7 heteroatoms. The van der Waals surface area contributed by atoms with E-state index in [0.717, 1.165) is 10.9 Å². The van der Waals surface area contributed by atoms with Crippen LogP contribution in [0.5, 0.6) is 5.75 Å². The zero-order chi connectivity index (χ0) is 22.5. The number of aliphatic hydroxyl groups excluding tert-OH is 1. The van der Waals surface area contributed by atoms with Crippen LogP contribution in [0.2, 0.25) is 0 Å². The molecule has 31 heavy (non-hydrogen) atoms. The summed E-state index contributed by atoms with van der Waals surface area (Å²) in [5.41, 5.74) is 1.24. The van der Waals surface area contributed by atoms with E-state index in [-0.39, 0.29) is 24.3 Å². The van der Waals surface area contributed by atoms with Crippen molar-refractivity contribution in [2.24, 2.45) is 0 Å². The Labute approximate surface area is 179 Å². The second kappa shape index (κ2) is 9.75. The third kappa shape index (κ3) is 4.94. The molecular formula is C24H26FNO5. The van der Waals surface area contributed by atoms with Crippen LogP contribution in [0.15, 0.2) is 51.7 Å². The van der Waals surface area contributed by atoms with Gasteiger partial charge in [-0.15, -0.1) is 0 Å². The summed E-state index contributed by atoms with van der Waals surface area (Å²) in [4.78, 5) is 25.0. The molecule has 0 saturated carbocycles. The standard InChI is InChI=1S/C24H26FNO5/c1-4-20(23(28)18-7-5-6-8-19(18)25)26-22(27)12-11-17-14(2)16-10-9-15(30-3)13-21(16)31-24(17)29/h5-10,13,20,23,28H,4,11-12H2,1-3H3,(H,26,27)/t20-,23-/m1/s1. The second-order valence-electron chi connectivity index (χ2n) is 7.40. The van der Waals surface area contributed by atoms with E-state index in [1.54, 1.807) is 31.2 Å². The molecular weight excluding hydrogens is 401 g/mol. The minimum Gasteiger partial charge on any atom is -0.497 e. The maximum absolute atomic E-state index is 14.0. The van der Waals surface area contributed by atoms with Crippen molar-refractivity contribution in [2.45, 2.75) is 45.3 Å². The van der Waals surface area contributed by atoms with E-state index in [1.165, 1.54) is 19.2 Å². The summed E-state index contributed by atoms with van der Waals surface area (Å²) >= 11 is 0. The van der Waals surface area contributed by atoms with Crippen molar-refractivity contribution in [3.05, 3.63) is 75.4 Å². The van der Waals surface area contributed by atoms with Gasteiger partial charge in [-0.05, 0) is 43.5 Å². The highest BCUT2D eigenvalue weighted by Crippen LogP contribution is 2.25. The Bertz CT molecular complexity index is 1140. The Hall–Kier alpha value is -3.19. The molecule has 0 aliphatic rings. The van der Waals surface area contributed by atoms with E-state index in [4.69, 9.17) is 9.15 Å². The van der Waals surface area contributed by atoms with Crippen LogP contribution in [0.4, 0.5) is 4.39 Å². The quantitative estimate of drug-likeness (QED) is 0.534. The van der Waals surface area contributed by atoms with Crippen LogP contribution in [0, 0.1) is 12.7 Å². The van der Waals surface area contributed by atoms with Gasteiger partial charge in [-0.3, -0.25) is 4.79 Å². The Morgan fingerprint density at radius 2 is 2.00 bits per heavy atom. The molecule has 1 heterocycles. The van der Waals surface area contributed by atoms with Crippen LogP contribution in [-0.4, -0.2) is 24.2 Å². The summed E-state index contributed by atoms with van der Waals surface area (Å²) in [5, 5.41) is 14.0. The summed E-state index contributed by atoms with van der Waals surface area (Å²) in [6.45, 7) is 3.61. The number of fused-ring (bicyclic) bond motifs is 1. The average molecular weight is 427 g/mol. The number of methoxy groups -OCH3 is 1. The first-order valence-electron chi connectivity index (χ1n) is 10.2. The van der Waals surface area contributed by atoms with Crippen molar-refractivity contribution in [1.29, 1.82) is 0 Å². The number of halogens is 1. The number of amides is 1. The summed E-state index contributed by atoms with van der Waals surface area (Å²) in [6, 6.07) is 10.5. The number of aryl methyl sites for hydroxylation is 1. The van der Waals surface area contributed by atoms with Gasteiger partial charge in [0.05, 0.1) is 13.2 Å². The predicted octanol–water partition coefficient (Wildman–Crippen LogP) is 3.81. The van der Waals surface area contributed by atoms with Crippen LogP contribution in [0.25, 0.3) is 11.0 Å². The van der Waals surface area contributed by atoms with Gasteiger partial charge >= 0.3 is 5.63 Å². The summed E-state index contributed by atoms with van der Waals surface area (Å²) in [7, 11) is 1.53. The van der Waals surface area contributed by atoms with Gasteiger partial charge in [-0.1, -0.05) is 25.1 Å². The second-order valence-corrected chi connectivity index (χ2v) is 7.40. The van der Waals surface area contributed by atoms with Gasteiger partial charge in [0.15, 0.2) is 0 Å². The van der Waals surface area contributed by atoms with Gasteiger partial charge in [-0.2, -0.15) is 0 Å². The minimum atomic E-state index is -1.17. The van der Waals surface area contributed by atoms with Gasteiger partial charge in [0.25, 0.3) is 0 Å². The molecule has 6 nitrogen and oxygen atoms in total. The lowest BCUT2D eigenvalue weighted by atomic mass is 9.99. The van der Waals surface area contributed by atoms with E-state index >= 15 is 0 Å². The SMILES string of the molecule is CC[C@@H](NC(=O)CCc1c(C)c2ccc(OC)cc2oc1=O)[C@H](O)c1ccccc1F. The molecule has 3 aromatic rings. The molecule has 0 aliphatic heterocycles. The highest BCUT2D eigenvalue weighted by molar-refractivity contribution is 5.82. The molecule has 0 aliphatic carbocycles. The molecule has 1 amide bonds. The molecule has 0 spiro atoms. The van der Waals surface area contributed by atoms with Crippen LogP contribution < -0.4 is 15.7 Å². The molecule has 164 valence electrons. The van der Waals surface area contributed by atoms with Crippen molar-refractivity contribution >= 4 is 16.9 Å². The Morgan fingerprint density at radius 3 is 2.68 bits per heavy atom. The predicted molar refractivity (Wildman–Crippen MR) is 116 cm³/mol. The number of hydrogen-bond acceptors (Lipinski definition) is 5. The fourth-order valence-electron chi connectivity index (χ4n) is 3.64. The molecule has 3 rings (SSSR count). The Balaban J connectivity index is 1.72. The lowest BCUT2D eigenvalue weighted by Gasteiger charge is -2.23. The first-order valence-corrected chi connectivity index (χ1v) is 10.2. The number of ether oxygens (including phenoxy) is 1. The molecule has 2 aromatic carbocycles. The number of carbonyl (C=O) groups excluding carboxylic acids is 1. The number of nitrogens with one attached hydrogen (secondary N) is 1. The van der Waals surface area contributed by atoms with Crippen molar-refractivity contribution in [3.8, 4) is 5.75 Å². The van der Waals surface area contributed by atoms with Crippen molar-refractivity contribution in [3.63, 3.8) is 0 Å². The average Bonchev–Trinajstić information content (AvgIpc) is 2.76. The third-order valence-electron chi connectivity index (χ3n) is 5.49.